The van der Waals surface area contributed by atoms with E-state index >= 15 is 0 Å². The van der Waals surface area contributed by atoms with Crippen LogP contribution in [0.1, 0.15) is 29.0 Å². The number of aryl methyl sites for hydroxylation is 1. The molecule has 0 saturated heterocycles. The summed E-state index contributed by atoms with van der Waals surface area (Å²) >= 11 is 0. The molecule has 3 nitrogen and oxygen atoms in total. The maximum absolute atomic E-state index is 11.6. The molecule has 1 amide bonds. The van der Waals surface area contributed by atoms with Gasteiger partial charge >= 0.3 is 0 Å². The van der Waals surface area contributed by atoms with E-state index in [0.29, 0.717) is 6.04 Å². The molecule has 0 bridgehead atoms. The van der Waals surface area contributed by atoms with E-state index < -0.39 is 0 Å². The topological polar surface area (TPSA) is 34.0 Å². The summed E-state index contributed by atoms with van der Waals surface area (Å²) in [6.45, 7) is 1.99. The highest BCUT2D eigenvalue weighted by Crippen LogP contribution is 2.19. The SMILES string of the molecule is Cc1ccc(C(=O)NC2CC2)n1C. The van der Waals surface area contributed by atoms with Gasteiger partial charge in [0.25, 0.3) is 5.91 Å². The molecule has 2 rings (SSSR count). The summed E-state index contributed by atoms with van der Waals surface area (Å²) < 4.78 is 1.91. The first-order valence-corrected chi connectivity index (χ1v) is 4.61. The number of nitrogens with one attached hydrogen (secondary N) is 1. The van der Waals surface area contributed by atoms with Gasteiger partial charge in [0.05, 0.1) is 0 Å². The van der Waals surface area contributed by atoms with E-state index in [1.165, 1.54) is 0 Å². The van der Waals surface area contributed by atoms with Crippen LogP contribution in [0.5, 0.6) is 0 Å². The van der Waals surface area contributed by atoms with Gasteiger partial charge in [-0.15, -0.1) is 0 Å². The lowest BCUT2D eigenvalue weighted by Crippen LogP contribution is -2.27. The van der Waals surface area contributed by atoms with Gasteiger partial charge < -0.3 is 9.88 Å². The molecule has 1 N–H and O–H groups in total. The molecule has 0 atom stereocenters. The van der Waals surface area contributed by atoms with Gasteiger partial charge in [-0.2, -0.15) is 0 Å². The second-order valence-corrected chi connectivity index (χ2v) is 3.67. The highest BCUT2D eigenvalue weighted by atomic mass is 16.2. The molecule has 0 aliphatic heterocycles. The van der Waals surface area contributed by atoms with Crippen molar-refractivity contribution in [3.8, 4) is 0 Å². The third-order valence-electron chi connectivity index (χ3n) is 2.52. The lowest BCUT2D eigenvalue weighted by atomic mass is 10.4. The second kappa shape index (κ2) is 2.91. The molecule has 0 unspecified atom stereocenters. The minimum absolute atomic E-state index is 0.0538. The average molecular weight is 178 g/mol. The first kappa shape index (κ1) is 8.35. The normalized spacial score (nSPS) is 15.8. The molecule has 0 radical (unpaired) electrons. The zero-order valence-corrected chi connectivity index (χ0v) is 8.00. The van der Waals surface area contributed by atoms with Gasteiger partial charge in [-0.3, -0.25) is 4.79 Å². The van der Waals surface area contributed by atoms with Crippen molar-refractivity contribution in [3.05, 3.63) is 23.5 Å². The largest absolute Gasteiger partial charge is 0.348 e. The van der Waals surface area contributed by atoms with Gasteiger partial charge in [0.1, 0.15) is 5.69 Å². The monoisotopic (exact) mass is 178 g/mol. The molecule has 70 valence electrons. The zero-order valence-electron chi connectivity index (χ0n) is 8.00. The summed E-state index contributed by atoms with van der Waals surface area (Å²) in [6, 6.07) is 4.26. The first-order valence-electron chi connectivity index (χ1n) is 4.61. The number of nitrogens with zero attached hydrogens (tertiary/aromatic N) is 1. The highest BCUT2D eigenvalue weighted by Gasteiger charge is 2.24. The van der Waals surface area contributed by atoms with Crippen molar-refractivity contribution in [2.24, 2.45) is 7.05 Å². The first-order chi connectivity index (χ1) is 6.18. The number of hydrogen-bond donors (Lipinski definition) is 1. The second-order valence-electron chi connectivity index (χ2n) is 3.67. The Kier molecular flexibility index (Phi) is 1.87. The van der Waals surface area contributed by atoms with Crippen molar-refractivity contribution >= 4 is 5.91 Å². The van der Waals surface area contributed by atoms with Gasteiger partial charge in [0.2, 0.25) is 0 Å². The molecular weight excluding hydrogens is 164 g/mol. The van der Waals surface area contributed by atoms with E-state index in [1.807, 2.05) is 30.7 Å². The molecule has 1 aromatic heterocycles. The molecule has 13 heavy (non-hydrogen) atoms. The van der Waals surface area contributed by atoms with Gasteiger partial charge in [-0.1, -0.05) is 0 Å². The molecule has 1 fully saturated rings. The molecule has 3 heteroatoms. The highest BCUT2D eigenvalue weighted by molar-refractivity contribution is 5.93. The summed E-state index contributed by atoms with van der Waals surface area (Å²) in [5, 5.41) is 2.96. The molecule has 1 saturated carbocycles. The van der Waals surface area contributed by atoms with Crippen LogP contribution in [-0.2, 0) is 7.05 Å². The quantitative estimate of drug-likeness (QED) is 0.726. The fraction of sp³-hybridized carbons (Fsp3) is 0.500. The number of carbonyl (C=O) groups is 1. The van der Waals surface area contributed by atoms with Crippen LogP contribution in [0, 0.1) is 6.92 Å². The standard InChI is InChI=1S/C10H14N2O/c1-7-3-6-9(12(7)2)10(13)11-8-4-5-8/h3,6,8H,4-5H2,1-2H3,(H,11,13). The van der Waals surface area contributed by atoms with Gasteiger partial charge in [0, 0.05) is 18.8 Å². The maximum atomic E-state index is 11.6. The van der Waals surface area contributed by atoms with Crippen LogP contribution in [0.25, 0.3) is 0 Å². The molecule has 0 spiro atoms. The lowest BCUT2D eigenvalue weighted by molar-refractivity contribution is 0.0942. The fourth-order valence-corrected chi connectivity index (χ4v) is 1.33. The number of amides is 1. The molecule has 1 heterocycles. The van der Waals surface area contributed by atoms with Crippen molar-refractivity contribution < 1.29 is 4.79 Å². The van der Waals surface area contributed by atoms with Crippen molar-refractivity contribution in [1.82, 2.24) is 9.88 Å². The van der Waals surface area contributed by atoms with Crippen LogP contribution in [0.2, 0.25) is 0 Å². The molecule has 1 aromatic rings. The van der Waals surface area contributed by atoms with Gasteiger partial charge in [0.15, 0.2) is 0 Å². The number of hydrogen-bond acceptors (Lipinski definition) is 1. The fourth-order valence-electron chi connectivity index (χ4n) is 1.33. The van der Waals surface area contributed by atoms with Crippen LogP contribution in [0.3, 0.4) is 0 Å². The third kappa shape index (κ3) is 1.59. The van der Waals surface area contributed by atoms with E-state index in [1.54, 1.807) is 0 Å². The Morgan fingerprint density at radius 3 is 2.69 bits per heavy atom. The minimum Gasteiger partial charge on any atom is -0.348 e. The Bertz CT molecular complexity index is 337. The van der Waals surface area contributed by atoms with E-state index in [2.05, 4.69) is 5.32 Å². The van der Waals surface area contributed by atoms with E-state index in [-0.39, 0.29) is 5.91 Å². The number of aromatic nitrogens is 1. The average Bonchev–Trinajstić information content (AvgIpc) is 2.82. The Morgan fingerprint density at radius 1 is 1.54 bits per heavy atom. The molecular formula is C10H14N2O. The van der Waals surface area contributed by atoms with Crippen molar-refractivity contribution in [1.29, 1.82) is 0 Å². The summed E-state index contributed by atoms with van der Waals surface area (Å²) in [6.07, 6.45) is 2.27. The Hall–Kier alpha value is -1.25. The number of rotatable bonds is 2. The third-order valence-corrected chi connectivity index (χ3v) is 2.52. The summed E-state index contributed by atoms with van der Waals surface area (Å²) in [7, 11) is 1.91. The molecule has 1 aliphatic rings. The maximum Gasteiger partial charge on any atom is 0.268 e. The lowest BCUT2D eigenvalue weighted by Gasteiger charge is -2.05. The van der Waals surface area contributed by atoms with E-state index in [4.69, 9.17) is 0 Å². The van der Waals surface area contributed by atoms with Crippen LogP contribution < -0.4 is 5.32 Å². The Labute approximate surface area is 77.7 Å². The van der Waals surface area contributed by atoms with Crippen LogP contribution >= 0.6 is 0 Å². The Balaban J connectivity index is 2.14. The zero-order chi connectivity index (χ0) is 9.42. The van der Waals surface area contributed by atoms with E-state index in [9.17, 15) is 4.79 Å². The number of carbonyl (C=O) groups excluding carboxylic acids is 1. The van der Waals surface area contributed by atoms with E-state index in [0.717, 1.165) is 24.2 Å². The van der Waals surface area contributed by atoms with Crippen LogP contribution in [0.15, 0.2) is 12.1 Å². The van der Waals surface area contributed by atoms with Crippen LogP contribution in [0.4, 0.5) is 0 Å². The predicted molar refractivity (Wildman–Crippen MR) is 50.6 cm³/mol. The summed E-state index contributed by atoms with van der Waals surface area (Å²) in [5.74, 6) is 0.0538. The summed E-state index contributed by atoms with van der Waals surface area (Å²) in [5.41, 5.74) is 1.87. The van der Waals surface area contributed by atoms with Crippen molar-refractivity contribution in [3.63, 3.8) is 0 Å². The van der Waals surface area contributed by atoms with Gasteiger partial charge in [-0.25, -0.2) is 0 Å². The van der Waals surface area contributed by atoms with Crippen molar-refractivity contribution in [2.75, 3.05) is 0 Å². The summed E-state index contributed by atoms with van der Waals surface area (Å²) in [4.78, 5) is 11.6. The van der Waals surface area contributed by atoms with Gasteiger partial charge in [-0.05, 0) is 31.9 Å². The minimum atomic E-state index is 0.0538. The van der Waals surface area contributed by atoms with Crippen molar-refractivity contribution in [2.45, 2.75) is 25.8 Å². The molecule has 0 aromatic carbocycles. The smallest absolute Gasteiger partial charge is 0.268 e. The molecule has 1 aliphatic carbocycles. The van der Waals surface area contributed by atoms with Crippen LogP contribution in [-0.4, -0.2) is 16.5 Å². The Morgan fingerprint density at radius 2 is 2.23 bits per heavy atom. The predicted octanol–water partition coefficient (Wildman–Crippen LogP) is 1.23.